The molecule has 0 bridgehead atoms. The van der Waals surface area contributed by atoms with Gasteiger partial charge in [0.1, 0.15) is 0 Å². The Labute approximate surface area is 107 Å². The first-order valence-corrected chi connectivity index (χ1v) is 6.19. The Hall–Kier alpha value is -0.610. The van der Waals surface area contributed by atoms with E-state index in [0.717, 1.165) is 11.6 Å². The number of benzene rings is 1. The molecule has 0 saturated carbocycles. The molecule has 1 aliphatic heterocycles. The molecule has 0 atom stereocenters. The van der Waals surface area contributed by atoms with Gasteiger partial charge in [0.15, 0.2) is 5.79 Å². The van der Waals surface area contributed by atoms with Crippen LogP contribution in [0.25, 0.3) is 0 Å². The van der Waals surface area contributed by atoms with Crippen molar-refractivity contribution in [2.24, 2.45) is 0 Å². The number of hydrogen-bond acceptors (Lipinski definition) is 3. The summed E-state index contributed by atoms with van der Waals surface area (Å²) in [4.78, 5) is 0. The van der Waals surface area contributed by atoms with E-state index in [1.165, 1.54) is 5.56 Å². The zero-order chi connectivity index (χ0) is 12.3. The van der Waals surface area contributed by atoms with Gasteiger partial charge in [-0.2, -0.15) is 0 Å². The van der Waals surface area contributed by atoms with Crippen molar-refractivity contribution in [1.82, 2.24) is 5.32 Å². The lowest BCUT2D eigenvalue weighted by molar-refractivity contribution is -0.253. The second-order valence-corrected chi connectivity index (χ2v) is 5.17. The maximum absolute atomic E-state index is 5.93. The van der Waals surface area contributed by atoms with Crippen LogP contribution in [0.2, 0.25) is 5.02 Å². The van der Waals surface area contributed by atoms with Crippen molar-refractivity contribution in [3.05, 3.63) is 34.9 Å². The summed E-state index contributed by atoms with van der Waals surface area (Å²) in [5, 5.41) is 4.16. The van der Waals surface area contributed by atoms with Crippen LogP contribution in [-0.2, 0) is 16.0 Å². The van der Waals surface area contributed by atoms with Crippen LogP contribution in [0.4, 0.5) is 0 Å². The summed E-state index contributed by atoms with van der Waals surface area (Å²) in [5.74, 6) is -0.450. The highest BCUT2D eigenvalue weighted by atomic mass is 35.5. The van der Waals surface area contributed by atoms with Gasteiger partial charge in [-0.1, -0.05) is 23.7 Å². The zero-order valence-corrected chi connectivity index (χ0v) is 11.0. The lowest BCUT2D eigenvalue weighted by atomic mass is 10.2. The van der Waals surface area contributed by atoms with Gasteiger partial charge in [0, 0.05) is 11.6 Å². The quantitative estimate of drug-likeness (QED) is 0.901. The Morgan fingerprint density at radius 3 is 2.71 bits per heavy atom. The van der Waals surface area contributed by atoms with E-state index in [2.05, 4.69) is 5.32 Å². The molecule has 17 heavy (non-hydrogen) atoms. The van der Waals surface area contributed by atoms with Crippen LogP contribution in [-0.4, -0.2) is 25.0 Å². The molecule has 4 heteroatoms. The molecule has 94 valence electrons. The highest BCUT2D eigenvalue weighted by Gasteiger charge is 2.27. The lowest BCUT2D eigenvalue weighted by Crippen LogP contribution is -2.48. The van der Waals surface area contributed by atoms with Gasteiger partial charge < -0.3 is 14.8 Å². The second kappa shape index (κ2) is 5.36. The van der Waals surface area contributed by atoms with Crippen molar-refractivity contribution in [3.63, 3.8) is 0 Å². The highest BCUT2D eigenvalue weighted by Crippen LogP contribution is 2.17. The van der Waals surface area contributed by atoms with E-state index in [9.17, 15) is 0 Å². The molecule has 1 aromatic carbocycles. The van der Waals surface area contributed by atoms with E-state index in [4.69, 9.17) is 21.1 Å². The van der Waals surface area contributed by atoms with Crippen LogP contribution in [0.1, 0.15) is 19.4 Å². The molecule has 1 fully saturated rings. The van der Waals surface area contributed by atoms with Crippen molar-refractivity contribution in [3.8, 4) is 0 Å². The predicted octanol–water partition coefficient (Wildman–Crippen LogP) is 2.58. The van der Waals surface area contributed by atoms with Gasteiger partial charge in [-0.15, -0.1) is 0 Å². The Kier molecular flexibility index (Phi) is 4.05. The number of nitrogens with one attached hydrogen (secondary N) is 1. The van der Waals surface area contributed by atoms with E-state index < -0.39 is 5.79 Å². The van der Waals surface area contributed by atoms with Crippen LogP contribution in [0.15, 0.2) is 24.3 Å². The molecule has 0 aromatic heterocycles. The van der Waals surface area contributed by atoms with Gasteiger partial charge in [0.2, 0.25) is 0 Å². The van der Waals surface area contributed by atoms with Crippen molar-refractivity contribution in [1.29, 1.82) is 0 Å². The minimum Gasteiger partial charge on any atom is -0.349 e. The first kappa shape index (κ1) is 12.8. The van der Waals surface area contributed by atoms with Crippen molar-refractivity contribution in [2.75, 3.05) is 13.2 Å². The van der Waals surface area contributed by atoms with Gasteiger partial charge in [-0.05, 0) is 31.5 Å². The zero-order valence-electron chi connectivity index (χ0n) is 10.2. The summed E-state index contributed by atoms with van der Waals surface area (Å²) in [6.07, 6.45) is 0. The summed E-state index contributed by atoms with van der Waals surface area (Å²) in [7, 11) is 0. The Morgan fingerprint density at radius 2 is 2.06 bits per heavy atom. The standard InChI is InChI=1S/C13H18ClNO2/c1-13(2)16-8-12(9-17-13)15-7-10-4-3-5-11(14)6-10/h3-6,12,15H,7-9H2,1-2H3. The molecule has 1 saturated heterocycles. The first-order valence-electron chi connectivity index (χ1n) is 5.81. The van der Waals surface area contributed by atoms with Gasteiger partial charge in [-0.3, -0.25) is 0 Å². The van der Waals surface area contributed by atoms with Crippen molar-refractivity contribution in [2.45, 2.75) is 32.2 Å². The summed E-state index contributed by atoms with van der Waals surface area (Å²) in [5.41, 5.74) is 1.17. The molecule has 0 radical (unpaired) electrons. The average Bonchev–Trinajstić information content (AvgIpc) is 2.28. The summed E-state index contributed by atoms with van der Waals surface area (Å²) in [6.45, 7) is 5.99. The van der Waals surface area contributed by atoms with Crippen molar-refractivity contribution < 1.29 is 9.47 Å². The molecular formula is C13H18ClNO2. The van der Waals surface area contributed by atoms with E-state index in [0.29, 0.717) is 13.2 Å². The first-order chi connectivity index (χ1) is 8.05. The molecule has 1 heterocycles. The maximum Gasteiger partial charge on any atom is 0.162 e. The monoisotopic (exact) mass is 255 g/mol. The molecular weight excluding hydrogens is 238 g/mol. The summed E-state index contributed by atoms with van der Waals surface area (Å²) < 4.78 is 11.2. The smallest absolute Gasteiger partial charge is 0.162 e. The lowest BCUT2D eigenvalue weighted by Gasteiger charge is -2.35. The third kappa shape index (κ3) is 3.96. The van der Waals surface area contributed by atoms with E-state index in [1.54, 1.807) is 0 Å². The molecule has 1 N–H and O–H groups in total. The number of hydrogen-bond donors (Lipinski definition) is 1. The minimum atomic E-state index is -0.450. The Morgan fingerprint density at radius 1 is 1.35 bits per heavy atom. The fourth-order valence-electron chi connectivity index (χ4n) is 1.72. The highest BCUT2D eigenvalue weighted by molar-refractivity contribution is 6.30. The third-order valence-corrected chi connectivity index (χ3v) is 2.98. The SMILES string of the molecule is CC1(C)OCC(NCc2cccc(Cl)c2)CO1. The Balaban J connectivity index is 1.80. The van der Waals surface area contributed by atoms with Crippen LogP contribution in [0, 0.1) is 0 Å². The average molecular weight is 256 g/mol. The van der Waals surface area contributed by atoms with Gasteiger partial charge >= 0.3 is 0 Å². The van der Waals surface area contributed by atoms with Gasteiger partial charge in [-0.25, -0.2) is 0 Å². The van der Waals surface area contributed by atoms with Crippen molar-refractivity contribution >= 4 is 11.6 Å². The largest absolute Gasteiger partial charge is 0.349 e. The molecule has 1 aliphatic rings. The van der Waals surface area contributed by atoms with Crippen LogP contribution in [0.3, 0.4) is 0 Å². The molecule has 1 aromatic rings. The fraction of sp³-hybridized carbons (Fsp3) is 0.538. The molecule has 0 amide bonds. The molecule has 0 spiro atoms. The van der Waals surface area contributed by atoms with E-state index in [-0.39, 0.29) is 6.04 Å². The molecule has 3 nitrogen and oxygen atoms in total. The van der Waals surface area contributed by atoms with Crippen LogP contribution >= 0.6 is 11.6 Å². The van der Waals surface area contributed by atoms with Gasteiger partial charge in [0.05, 0.1) is 19.3 Å². The summed E-state index contributed by atoms with van der Waals surface area (Å²) in [6, 6.07) is 8.08. The fourth-order valence-corrected chi connectivity index (χ4v) is 1.93. The summed E-state index contributed by atoms with van der Waals surface area (Å²) >= 11 is 5.93. The maximum atomic E-state index is 5.93. The molecule has 0 aliphatic carbocycles. The van der Waals surface area contributed by atoms with Crippen LogP contribution in [0.5, 0.6) is 0 Å². The topological polar surface area (TPSA) is 30.5 Å². The number of rotatable bonds is 3. The number of ether oxygens (including phenoxy) is 2. The number of halogens is 1. The van der Waals surface area contributed by atoms with E-state index in [1.807, 2.05) is 38.1 Å². The van der Waals surface area contributed by atoms with E-state index >= 15 is 0 Å². The molecule has 2 rings (SSSR count). The normalized spacial score (nSPS) is 20.4. The predicted molar refractivity (Wildman–Crippen MR) is 68.1 cm³/mol. The third-order valence-electron chi connectivity index (χ3n) is 2.75. The van der Waals surface area contributed by atoms with Crippen LogP contribution < -0.4 is 5.32 Å². The Bertz CT molecular complexity index is 371. The molecule has 0 unspecified atom stereocenters. The van der Waals surface area contributed by atoms with Gasteiger partial charge in [0.25, 0.3) is 0 Å². The second-order valence-electron chi connectivity index (χ2n) is 4.73. The minimum absolute atomic E-state index is 0.238.